The Balaban J connectivity index is 2.85. The van der Waals surface area contributed by atoms with Crippen LogP contribution in [0.2, 0.25) is 0 Å². The van der Waals surface area contributed by atoms with Crippen LogP contribution in [0.5, 0.6) is 0 Å². The van der Waals surface area contributed by atoms with E-state index in [0.29, 0.717) is 18.0 Å². The van der Waals surface area contributed by atoms with Crippen LogP contribution >= 0.6 is 0 Å². The monoisotopic (exact) mass is 246 g/mol. The van der Waals surface area contributed by atoms with E-state index < -0.39 is 11.7 Å². The third-order valence-corrected chi connectivity index (χ3v) is 2.75. The molecule has 17 heavy (non-hydrogen) atoms. The average Bonchev–Trinajstić information content (AvgIpc) is 2.24. The highest BCUT2D eigenvalue weighted by atomic mass is 19.4. The average molecular weight is 246 g/mol. The van der Waals surface area contributed by atoms with Crippen molar-refractivity contribution in [2.75, 3.05) is 7.05 Å². The number of halogens is 3. The molecule has 1 heterocycles. The number of hydrogen-bond donors (Lipinski definition) is 1. The molecule has 0 radical (unpaired) electrons. The summed E-state index contributed by atoms with van der Waals surface area (Å²) in [6.45, 7) is 4.05. The summed E-state index contributed by atoms with van der Waals surface area (Å²) < 4.78 is 37.5. The lowest BCUT2D eigenvalue weighted by Gasteiger charge is -2.20. The Labute approximate surface area is 99.3 Å². The molecule has 0 fully saturated rings. The van der Waals surface area contributed by atoms with E-state index >= 15 is 0 Å². The Hall–Kier alpha value is -1.10. The van der Waals surface area contributed by atoms with Crippen molar-refractivity contribution in [2.45, 2.75) is 32.5 Å². The molecule has 0 bridgehead atoms. The van der Waals surface area contributed by atoms with Crippen molar-refractivity contribution < 1.29 is 13.2 Å². The van der Waals surface area contributed by atoms with Crippen molar-refractivity contribution in [1.82, 2.24) is 10.3 Å². The molecule has 0 aliphatic heterocycles. The molecule has 0 aromatic carbocycles. The lowest BCUT2D eigenvalue weighted by Crippen LogP contribution is -2.33. The lowest BCUT2D eigenvalue weighted by atomic mass is 9.98. The van der Waals surface area contributed by atoms with Gasteiger partial charge in [-0.2, -0.15) is 13.2 Å². The van der Waals surface area contributed by atoms with Gasteiger partial charge in [-0.25, -0.2) is 0 Å². The van der Waals surface area contributed by atoms with Gasteiger partial charge in [0, 0.05) is 24.4 Å². The summed E-state index contributed by atoms with van der Waals surface area (Å²) in [5.41, 5.74) is -0.172. The summed E-state index contributed by atoms with van der Waals surface area (Å²) in [7, 11) is 1.80. The van der Waals surface area contributed by atoms with E-state index in [0.717, 1.165) is 12.1 Å². The molecule has 0 amide bonds. The third-order valence-electron chi connectivity index (χ3n) is 2.75. The summed E-state index contributed by atoms with van der Waals surface area (Å²) >= 11 is 0. The molecule has 1 atom stereocenters. The van der Waals surface area contributed by atoms with Crippen molar-refractivity contribution in [3.8, 4) is 0 Å². The predicted molar refractivity (Wildman–Crippen MR) is 60.6 cm³/mol. The normalized spacial score (nSPS) is 14.1. The summed E-state index contributed by atoms with van der Waals surface area (Å²) in [6, 6.07) is 2.24. The quantitative estimate of drug-likeness (QED) is 0.883. The van der Waals surface area contributed by atoms with Crippen LogP contribution < -0.4 is 5.32 Å². The lowest BCUT2D eigenvalue weighted by molar-refractivity contribution is -0.137. The maximum Gasteiger partial charge on any atom is 0.416 e. The highest BCUT2D eigenvalue weighted by Crippen LogP contribution is 2.29. The van der Waals surface area contributed by atoms with Crippen LogP contribution in [0.3, 0.4) is 0 Å². The van der Waals surface area contributed by atoms with Gasteiger partial charge in [-0.05, 0) is 25.1 Å². The highest BCUT2D eigenvalue weighted by molar-refractivity contribution is 5.20. The number of rotatable bonds is 4. The van der Waals surface area contributed by atoms with E-state index in [9.17, 15) is 13.2 Å². The van der Waals surface area contributed by atoms with Crippen molar-refractivity contribution in [3.63, 3.8) is 0 Å². The number of alkyl halides is 3. The standard InChI is InChI=1S/C12H17F3N2/c1-8(2)11(16-3)7-10-6-9(4-5-17-10)12(13,14)15/h4-6,8,11,16H,7H2,1-3H3. The number of pyridine rings is 1. The Kier molecular flexibility index (Phi) is 4.51. The van der Waals surface area contributed by atoms with Crippen LogP contribution in [-0.2, 0) is 12.6 Å². The smallest absolute Gasteiger partial charge is 0.316 e. The zero-order chi connectivity index (χ0) is 13.1. The van der Waals surface area contributed by atoms with Crippen molar-refractivity contribution in [3.05, 3.63) is 29.6 Å². The molecule has 1 N–H and O–H groups in total. The van der Waals surface area contributed by atoms with Gasteiger partial charge < -0.3 is 5.32 Å². The van der Waals surface area contributed by atoms with Gasteiger partial charge in [0.2, 0.25) is 0 Å². The van der Waals surface area contributed by atoms with Crippen LogP contribution in [0.4, 0.5) is 13.2 Å². The Morgan fingerprint density at radius 2 is 2.00 bits per heavy atom. The summed E-state index contributed by atoms with van der Waals surface area (Å²) in [5.74, 6) is 0.344. The fraction of sp³-hybridized carbons (Fsp3) is 0.583. The Bertz CT molecular complexity index is 361. The zero-order valence-electron chi connectivity index (χ0n) is 10.2. The minimum absolute atomic E-state index is 0.131. The first-order chi connectivity index (χ1) is 7.84. The van der Waals surface area contributed by atoms with Gasteiger partial charge in [0.25, 0.3) is 0 Å². The molecule has 2 nitrogen and oxygen atoms in total. The summed E-state index contributed by atoms with van der Waals surface area (Å²) in [5, 5.41) is 3.09. The molecule has 1 aromatic rings. The van der Waals surface area contributed by atoms with Gasteiger partial charge in [-0.3, -0.25) is 4.98 Å². The largest absolute Gasteiger partial charge is 0.416 e. The van der Waals surface area contributed by atoms with Gasteiger partial charge in [0.05, 0.1) is 5.56 Å². The number of nitrogens with zero attached hydrogens (tertiary/aromatic N) is 1. The third kappa shape index (κ3) is 4.00. The zero-order valence-corrected chi connectivity index (χ0v) is 10.2. The van der Waals surface area contributed by atoms with Crippen LogP contribution in [0, 0.1) is 5.92 Å². The molecule has 0 saturated heterocycles. The topological polar surface area (TPSA) is 24.9 Å². The number of likely N-dealkylation sites (N-methyl/N-ethyl adjacent to an activating group) is 1. The molecule has 1 unspecified atom stereocenters. The van der Waals surface area contributed by atoms with Crippen LogP contribution in [0.25, 0.3) is 0 Å². The molecule has 0 saturated carbocycles. The SMILES string of the molecule is CNC(Cc1cc(C(F)(F)F)ccn1)C(C)C. The fourth-order valence-electron chi connectivity index (χ4n) is 1.66. The van der Waals surface area contributed by atoms with E-state index in [1.807, 2.05) is 13.8 Å². The highest BCUT2D eigenvalue weighted by Gasteiger charge is 2.30. The Morgan fingerprint density at radius 1 is 1.35 bits per heavy atom. The first-order valence-electron chi connectivity index (χ1n) is 5.54. The van der Waals surface area contributed by atoms with E-state index in [4.69, 9.17) is 0 Å². The molecule has 0 spiro atoms. The molecular formula is C12H17F3N2. The molecule has 1 aromatic heterocycles. The first-order valence-corrected chi connectivity index (χ1v) is 5.54. The van der Waals surface area contributed by atoms with Gasteiger partial charge in [-0.15, -0.1) is 0 Å². The molecule has 5 heteroatoms. The molecule has 96 valence electrons. The van der Waals surface area contributed by atoms with E-state index in [2.05, 4.69) is 10.3 Å². The van der Waals surface area contributed by atoms with Gasteiger partial charge in [-0.1, -0.05) is 13.8 Å². The van der Waals surface area contributed by atoms with Crippen LogP contribution in [0.1, 0.15) is 25.1 Å². The maximum atomic E-state index is 12.5. The van der Waals surface area contributed by atoms with Crippen LogP contribution in [0.15, 0.2) is 18.3 Å². The maximum absolute atomic E-state index is 12.5. The number of nitrogens with one attached hydrogen (secondary N) is 1. The second kappa shape index (κ2) is 5.49. The fourth-order valence-corrected chi connectivity index (χ4v) is 1.66. The van der Waals surface area contributed by atoms with E-state index in [1.165, 1.54) is 6.20 Å². The molecule has 1 rings (SSSR count). The minimum Gasteiger partial charge on any atom is -0.316 e. The second-order valence-corrected chi connectivity index (χ2v) is 4.38. The van der Waals surface area contributed by atoms with Gasteiger partial charge in [0.15, 0.2) is 0 Å². The first kappa shape index (κ1) is 14.0. The summed E-state index contributed by atoms with van der Waals surface area (Å²) in [6.07, 6.45) is -2.59. The van der Waals surface area contributed by atoms with Crippen molar-refractivity contribution >= 4 is 0 Å². The van der Waals surface area contributed by atoms with Crippen molar-refractivity contribution in [2.24, 2.45) is 5.92 Å². The molecular weight excluding hydrogens is 229 g/mol. The van der Waals surface area contributed by atoms with E-state index in [-0.39, 0.29) is 6.04 Å². The Morgan fingerprint density at radius 3 is 2.47 bits per heavy atom. The predicted octanol–water partition coefficient (Wildman–Crippen LogP) is 2.89. The van der Waals surface area contributed by atoms with Gasteiger partial charge in [0.1, 0.15) is 0 Å². The summed E-state index contributed by atoms with van der Waals surface area (Å²) in [4.78, 5) is 3.98. The van der Waals surface area contributed by atoms with Crippen LogP contribution in [-0.4, -0.2) is 18.1 Å². The van der Waals surface area contributed by atoms with Gasteiger partial charge >= 0.3 is 6.18 Å². The number of hydrogen-bond acceptors (Lipinski definition) is 2. The van der Waals surface area contributed by atoms with Crippen molar-refractivity contribution in [1.29, 1.82) is 0 Å². The minimum atomic E-state index is -4.30. The number of aromatic nitrogens is 1. The molecule has 0 aliphatic carbocycles. The van der Waals surface area contributed by atoms with E-state index in [1.54, 1.807) is 7.05 Å². The second-order valence-electron chi connectivity index (χ2n) is 4.38. The molecule has 0 aliphatic rings.